The van der Waals surface area contributed by atoms with Gasteiger partial charge in [-0.2, -0.15) is 0 Å². The number of anilines is 1. The van der Waals surface area contributed by atoms with E-state index in [-0.39, 0.29) is 16.9 Å². The number of imide groups is 1. The summed E-state index contributed by atoms with van der Waals surface area (Å²) in [5, 5.41) is 2.43. The molecule has 7 heteroatoms. The number of nitrogen functional groups attached to an aromatic ring is 1. The number of benzene rings is 1. The zero-order valence-electron chi connectivity index (χ0n) is 10.9. The molecule has 0 saturated heterocycles. The van der Waals surface area contributed by atoms with Gasteiger partial charge in [-0.1, -0.05) is 17.7 Å². The van der Waals surface area contributed by atoms with Crippen LogP contribution in [0.1, 0.15) is 26.3 Å². The van der Waals surface area contributed by atoms with Gasteiger partial charge in [-0.15, -0.1) is 0 Å². The lowest BCUT2D eigenvalue weighted by atomic mass is 10.1. The van der Waals surface area contributed by atoms with E-state index < -0.39 is 17.4 Å². The molecule has 6 nitrogen and oxygen atoms in total. The molecule has 0 aliphatic carbocycles. The Kier molecular flexibility index (Phi) is 2.84. The van der Waals surface area contributed by atoms with Crippen LogP contribution < -0.4 is 16.6 Å². The quantitative estimate of drug-likeness (QED) is 0.776. The first-order chi connectivity index (χ1) is 9.90. The molecule has 0 spiro atoms. The van der Waals surface area contributed by atoms with Crippen molar-refractivity contribution in [3.05, 3.63) is 56.3 Å². The van der Waals surface area contributed by atoms with E-state index in [1.807, 2.05) is 6.92 Å². The highest BCUT2D eigenvalue weighted by Crippen LogP contribution is 2.27. The number of halogens is 1. The van der Waals surface area contributed by atoms with Gasteiger partial charge in [0.05, 0.1) is 21.8 Å². The van der Waals surface area contributed by atoms with Crippen LogP contribution in [0, 0.1) is 6.92 Å². The highest BCUT2D eigenvalue weighted by Gasteiger charge is 2.32. The molecule has 0 bridgehead atoms. The number of nitrogens with one attached hydrogen (secondary N) is 1. The minimum atomic E-state index is -0.624. The average molecular weight is 304 g/mol. The van der Waals surface area contributed by atoms with Crippen molar-refractivity contribution in [2.24, 2.45) is 0 Å². The minimum absolute atomic E-state index is 0.00262. The summed E-state index contributed by atoms with van der Waals surface area (Å²) in [5.41, 5.74) is 6.64. The van der Waals surface area contributed by atoms with Crippen LogP contribution in [-0.2, 0) is 0 Å². The van der Waals surface area contributed by atoms with E-state index in [1.54, 1.807) is 18.2 Å². The Morgan fingerprint density at radius 1 is 1.14 bits per heavy atom. The maximum Gasteiger partial charge on any atom is 0.262 e. The Labute approximate surface area is 124 Å². The molecule has 0 fully saturated rings. The molecule has 3 N–H and O–H groups in total. The van der Waals surface area contributed by atoms with Crippen molar-refractivity contribution in [1.82, 2.24) is 9.88 Å². The van der Waals surface area contributed by atoms with E-state index in [0.717, 1.165) is 16.2 Å². The molecule has 0 atom stereocenters. The summed E-state index contributed by atoms with van der Waals surface area (Å²) in [6, 6.07) is 6.19. The summed E-state index contributed by atoms with van der Waals surface area (Å²) < 4.78 is 1.13. The van der Waals surface area contributed by atoms with Crippen LogP contribution in [0.3, 0.4) is 0 Å². The van der Waals surface area contributed by atoms with Gasteiger partial charge in [0.25, 0.3) is 17.4 Å². The van der Waals surface area contributed by atoms with Gasteiger partial charge in [0.2, 0.25) is 0 Å². The van der Waals surface area contributed by atoms with Crippen molar-refractivity contribution in [2.75, 3.05) is 5.73 Å². The van der Waals surface area contributed by atoms with Crippen LogP contribution in [0.25, 0.3) is 5.69 Å². The molecule has 21 heavy (non-hydrogen) atoms. The van der Waals surface area contributed by atoms with E-state index in [4.69, 9.17) is 17.3 Å². The summed E-state index contributed by atoms with van der Waals surface area (Å²) in [5.74, 6) is -1.35. The van der Waals surface area contributed by atoms with E-state index in [0.29, 0.717) is 10.7 Å². The Morgan fingerprint density at radius 3 is 2.57 bits per heavy atom. The van der Waals surface area contributed by atoms with Crippen molar-refractivity contribution in [1.29, 1.82) is 0 Å². The van der Waals surface area contributed by atoms with Gasteiger partial charge in [-0.05, 0) is 24.6 Å². The molecular formula is C14H10ClN3O3. The van der Waals surface area contributed by atoms with Crippen LogP contribution in [0.5, 0.6) is 0 Å². The first kappa shape index (κ1) is 13.4. The normalized spacial score (nSPS) is 13.2. The summed E-state index contributed by atoms with van der Waals surface area (Å²) in [6.45, 7) is 1.84. The third-order valence-corrected chi connectivity index (χ3v) is 3.62. The van der Waals surface area contributed by atoms with Gasteiger partial charge in [0.1, 0.15) is 5.82 Å². The standard InChI is InChI=1S/C14H10ClN3O3/c1-6-2-3-8(15)9(4-6)18-10(19)5-7-11(12(18)16)14(21)17-13(7)20/h2-5H,16H2,1H3,(H,17,20,21). The van der Waals surface area contributed by atoms with Crippen LogP contribution in [0.4, 0.5) is 5.82 Å². The van der Waals surface area contributed by atoms with Gasteiger partial charge < -0.3 is 5.73 Å². The Morgan fingerprint density at radius 2 is 1.86 bits per heavy atom. The van der Waals surface area contributed by atoms with Gasteiger partial charge in [0.15, 0.2) is 0 Å². The number of nitrogens with zero attached hydrogens (tertiary/aromatic N) is 1. The van der Waals surface area contributed by atoms with Crippen LogP contribution >= 0.6 is 11.6 Å². The topological polar surface area (TPSA) is 94.2 Å². The molecule has 0 unspecified atom stereocenters. The van der Waals surface area contributed by atoms with E-state index in [2.05, 4.69) is 5.32 Å². The van der Waals surface area contributed by atoms with Gasteiger partial charge >= 0.3 is 0 Å². The Balaban J connectivity index is 2.38. The SMILES string of the molecule is Cc1ccc(Cl)c(-n2c(N)c3c(cc2=O)C(=O)NC3=O)c1. The van der Waals surface area contributed by atoms with Crippen molar-refractivity contribution in [3.63, 3.8) is 0 Å². The third kappa shape index (κ3) is 1.92. The lowest BCUT2D eigenvalue weighted by Gasteiger charge is -2.13. The molecule has 2 heterocycles. The second-order valence-corrected chi connectivity index (χ2v) is 5.14. The fourth-order valence-corrected chi connectivity index (χ4v) is 2.52. The van der Waals surface area contributed by atoms with Gasteiger partial charge in [-0.3, -0.25) is 24.3 Å². The van der Waals surface area contributed by atoms with Gasteiger partial charge in [-0.25, -0.2) is 0 Å². The Bertz CT molecular complexity index is 870. The fraction of sp³-hybridized carbons (Fsp3) is 0.0714. The number of hydrogen-bond acceptors (Lipinski definition) is 4. The number of amides is 2. The highest BCUT2D eigenvalue weighted by molar-refractivity contribution is 6.32. The molecule has 1 aromatic carbocycles. The van der Waals surface area contributed by atoms with Crippen molar-refractivity contribution < 1.29 is 9.59 Å². The van der Waals surface area contributed by atoms with E-state index >= 15 is 0 Å². The first-order valence-electron chi connectivity index (χ1n) is 6.08. The number of fused-ring (bicyclic) bond motifs is 1. The molecular weight excluding hydrogens is 294 g/mol. The highest BCUT2D eigenvalue weighted by atomic mass is 35.5. The fourth-order valence-electron chi connectivity index (χ4n) is 2.32. The maximum atomic E-state index is 12.2. The molecule has 2 aromatic rings. The first-order valence-corrected chi connectivity index (χ1v) is 6.45. The van der Waals surface area contributed by atoms with Crippen LogP contribution in [-0.4, -0.2) is 16.4 Å². The van der Waals surface area contributed by atoms with Crippen molar-refractivity contribution in [3.8, 4) is 5.69 Å². The summed E-state index contributed by atoms with van der Waals surface area (Å²) >= 11 is 6.11. The molecule has 1 aliphatic heterocycles. The zero-order valence-corrected chi connectivity index (χ0v) is 11.7. The summed E-state index contributed by atoms with van der Waals surface area (Å²) in [4.78, 5) is 35.6. The second kappa shape index (κ2) is 4.46. The van der Waals surface area contributed by atoms with Gasteiger partial charge in [0, 0.05) is 6.07 Å². The number of aryl methyl sites for hydroxylation is 1. The van der Waals surface area contributed by atoms with E-state index in [9.17, 15) is 14.4 Å². The van der Waals surface area contributed by atoms with Crippen LogP contribution in [0.2, 0.25) is 5.02 Å². The van der Waals surface area contributed by atoms with Crippen molar-refractivity contribution in [2.45, 2.75) is 6.92 Å². The smallest absolute Gasteiger partial charge is 0.262 e. The van der Waals surface area contributed by atoms with Crippen molar-refractivity contribution >= 4 is 29.2 Å². The monoisotopic (exact) mass is 303 g/mol. The predicted molar refractivity (Wildman–Crippen MR) is 78.0 cm³/mol. The molecule has 0 saturated carbocycles. The molecule has 0 radical (unpaired) electrons. The maximum absolute atomic E-state index is 12.2. The summed E-state index contributed by atoms with van der Waals surface area (Å²) in [7, 11) is 0. The van der Waals surface area contributed by atoms with E-state index in [1.165, 1.54) is 0 Å². The predicted octanol–water partition coefficient (Wildman–Crippen LogP) is 1.27. The lowest BCUT2D eigenvalue weighted by molar-refractivity contribution is 0.0880. The largest absolute Gasteiger partial charge is 0.384 e. The third-order valence-electron chi connectivity index (χ3n) is 3.30. The lowest BCUT2D eigenvalue weighted by Crippen LogP contribution is -2.24. The molecule has 3 rings (SSSR count). The number of aromatic nitrogens is 1. The molecule has 1 aromatic heterocycles. The summed E-state index contributed by atoms with van der Waals surface area (Å²) in [6.07, 6.45) is 0. The second-order valence-electron chi connectivity index (χ2n) is 4.73. The molecule has 106 valence electrons. The number of pyridine rings is 1. The number of rotatable bonds is 1. The minimum Gasteiger partial charge on any atom is -0.384 e. The number of hydrogen-bond donors (Lipinski definition) is 2. The number of nitrogens with two attached hydrogens (primary N) is 1. The van der Waals surface area contributed by atoms with Crippen LogP contribution in [0.15, 0.2) is 29.1 Å². The number of carbonyl (C=O) groups excluding carboxylic acids is 2. The molecule has 2 amide bonds. The number of carbonyl (C=O) groups is 2. The Hall–Kier alpha value is -2.60. The zero-order chi connectivity index (χ0) is 15.3. The average Bonchev–Trinajstić information content (AvgIpc) is 2.68. The molecule has 1 aliphatic rings.